The Labute approximate surface area is 180 Å². The third kappa shape index (κ3) is 4.10. The van der Waals surface area contributed by atoms with E-state index in [0.717, 1.165) is 27.9 Å². The molecule has 4 rings (SSSR count). The van der Waals surface area contributed by atoms with Crippen molar-refractivity contribution in [2.24, 2.45) is 0 Å². The molecule has 0 atom stereocenters. The van der Waals surface area contributed by atoms with E-state index in [1.165, 1.54) is 11.8 Å². The first-order chi connectivity index (χ1) is 14.8. The van der Waals surface area contributed by atoms with Gasteiger partial charge in [0.1, 0.15) is 11.1 Å². The van der Waals surface area contributed by atoms with Gasteiger partial charge in [-0.2, -0.15) is 10.5 Å². The van der Waals surface area contributed by atoms with Crippen molar-refractivity contribution in [3.63, 3.8) is 0 Å². The Morgan fingerprint density at radius 2 is 1.37 bits per heavy atom. The molecule has 0 N–H and O–H groups in total. The van der Waals surface area contributed by atoms with Gasteiger partial charge in [-0.05, 0) is 23.3 Å². The van der Waals surface area contributed by atoms with Crippen LogP contribution in [0.5, 0.6) is 0 Å². The van der Waals surface area contributed by atoms with Gasteiger partial charge in [0.15, 0.2) is 0 Å². The van der Waals surface area contributed by atoms with Crippen molar-refractivity contribution in [1.82, 2.24) is 4.98 Å². The zero-order chi connectivity index (χ0) is 20.8. The normalized spacial score (nSPS) is 10.2. The summed E-state index contributed by atoms with van der Waals surface area (Å²) in [5, 5.41) is 20.0. The van der Waals surface area contributed by atoms with E-state index in [0.29, 0.717) is 21.9 Å². The fourth-order valence-electron chi connectivity index (χ4n) is 3.24. The van der Waals surface area contributed by atoms with E-state index in [2.05, 4.69) is 12.1 Å². The SMILES string of the molecule is N#Cc1ccccc1CSc1nc(-c2ccccc2)cc(-c2ccccc2)c1C#N. The first kappa shape index (κ1) is 19.5. The number of nitriles is 2. The van der Waals surface area contributed by atoms with Gasteiger partial charge in [0.05, 0.1) is 22.9 Å². The van der Waals surface area contributed by atoms with Crippen LogP contribution in [0.3, 0.4) is 0 Å². The summed E-state index contributed by atoms with van der Waals surface area (Å²) in [5.41, 5.74) is 5.80. The van der Waals surface area contributed by atoms with Crippen molar-refractivity contribution in [1.29, 1.82) is 10.5 Å². The predicted molar refractivity (Wildman–Crippen MR) is 121 cm³/mol. The number of hydrogen-bond acceptors (Lipinski definition) is 4. The highest BCUT2D eigenvalue weighted by Gasteiger charge is 2.16. The van der Waals surface area contributed by atoms with Gasteiger partial charge in [-0.25, -0.2) is 4.98 Å². The molecule has 3 nitrogen and oxygen atoms in total. The molecule has 0 saturated heterocycles. The Morgan fingerprint density at radius 1 is 0.733 bits per heavy atom. The van der Waals surface area contributed by atoms with Crippen LogP contribution in [0.2, 0.25) is 0 Å². The van der Waals surface area contributed by atoms with E-state index in [1.54, 1.807) is 0 Å². The zero-order valence-corrected chi connectivity index (χ0v) is 16.9. The van der Waals surface area contributed by atoms with Crippen LogP contribution < -0.4 is 0 Å². The molecular weight excluding hydrogens is 386 g/mol. The summed E-state index contributed by atoms with van der Waals surface area (Å²) in [6.07, 6.45) is 0. The highest BCUT2D eigenvalue weighted by molar-refractivity contribution is 7.98. The van der Waals surface area contributed by atoms with E-state index >= 15 is 0 Å². The highest BCUT2D eigenvalue weighted by Crippen LogP contribution is 2.35. The second kappa shape index (κ2) is 9.09. The molecule has 0 saturated carbocycles. The minimum Gasteiger partial charge on any atom is -0.240 e. The molecule has 4 heteroatoms. The monoisotopic (exact) mass is 403 g/mol. The molecule has 1 heterocycles. The summed E-state index contributed by atoms with van der Waals surface area (Å²) in [6.45, 7) is 0. The number of thioether (sulfide) groups is 1. The van der Waals surface area contributed by atoms with Crippen LogP contribution >= 0.6 is 11.8 Å². The van der Waals surface area contributed by atoms with Crippen molar-refractivity contribution < 1.29 is 0 Å². The van der Waals surface area contributed by atoms with Gasteiger partial charge in [-0.3, -0.25) is 0 Å². The average Bonchev–Trinajstić information content (AvgIpc) is 2.83. The molecule has 4 aromatic rings. The van der Waals surface area contributed by atoms with Crippen LogP contribution in [0.1, 0.15) is 16.7 Å². The van der Waals surface area contributed by atoms with Gasteiger partial charge < -0.3 is 0 Å². The number of pyridine rings is 1. The Kier molecular flexibility index (Phi) is 5.90. The number of benzene rings is 3. The molecule has 3 aromatic carbocycles. The molecule has 0 fully saturated rings. The molecule has 142 valence electrons. The third-order valence-corrected chi connectivity index (χ3v) is 5.78. The summed E-state index contributed by atoms with van der Waals surface area (Å²) >= 11 is 1.49. The molecule has 0 unspecified atom stereocenters. The van der Waals surface area contributed by atoms with E-state index in [4.69, 9.17) is 4.98 Å². The molecule has 0 aliphatic heterocycles. The van der Waals surface area contributed by atoms with Gasteiger partial charge in [0, 0.05) is 16.9 Å². The van der Waals surface area contributed by atoms with E-state index in [1.807, 2.05) is 91.0 Å². The van der Waals surface area contributed by atoms with Crippen molar-refractivity contribution in [3.8, 4) is 34.5 Å². The predicted octanol–water partition coefficient (Wildman–Crippen LogP) is 6.45. The van der Waals surface area contributed by atoms with Crippen molar-refractivity contribution >= 4 is 11.8 Å². The van der Waals surface area contributed by atoms with Gasteiger partial charge >= 0.3 is 0 Å². The molecule has 1 aromatic heterocycles. The standard InChI is InChI=1S/C26H17N3S/c27-16-21-13-7-8-14-22(21)18-30-26-24(17-28)23(19-9-3-1-4-10-19)15-25(29-26)20-11-5-2-6-12-20/h1-15H,18H2. The second-order valence-corrected chi connectivity index (χ2v) is 7.60. The lowest BCUT2D eigenvalue weighted by molar-refractivity contribution is 1.11. The Bertz CT molecular complexity index is 1250. The van der Waals surface area contributed by atoms with Crippen molar-refractivity contribution in [2.75, 3.05) is 0 Å². The van der Waals surface area contributed by atoms with E-state index in [-0.39, 0.29) is 0 Å². The largest absolute Gasteiger partial charge is 0.240 e. The topological polar surface area (TPSA) is 60.5 Å². The first-order valence-electron chi connectivity index (χ1n) is 9.47. The molecule has 30 heavy (non-hydrogen) atoms. The maximum absolute atomic E-state index is 9.96. The van der Waals surface area contributed by atoms with Crippen LogP contribution in [-0.4, -0.2) is 4.98 Å². The number of rotatable bonds is 5. The van der Waals surface area contributed by atoms with Gasteiger partial charge in [-0.1, -0.05) is 78.9 Å². The minimum atomic E-state index is 0.556. The lowest BCUT2D eigenvalue weighted by atomic mass is 9.99. The minimum absolute atomic E-state index is 0.556. The van der Waals surface area contributed by atoms with E-state index < -0.39 is 0 Å². The number of nitrogens with zero attached hydrogens (tertiary/aromatic N) is 3. The number of hydrogen-bond donors (Lipinski definition) is 0. The fraction of sp³-hybridized carbons (Fsp3) is 0.0385. The quantitative estimate of drug-likeness (QED) is 0.359. The lowest BCUT2D eigenvalue weighted by Gasteiger charge is -2.13. The smallest absolute Gasteiger partial charge is 0.115 e. The maximum Gasteiger partial charge on any atom is 0.115 e. The Morgan fingerprint density at radius 3 is 2.03 bits per heavy atom. The summed E-state index contributed by atoms with van der Waals surface area (Å²) in [6, 6.07) is 34.0. The Hall–Kier alpha value is -3.86. The summed E-state index contributed by atoms with van der Waals surface area (Å²) in [4.78, 5) is 4.83. The van der Waals surface area contributed by atoms with Gasteiger partial charge in [-0.15, -0.1) is 11.8 Å². The third-order valence-electron chi connectivity index (χ3n) is 4.75. The molecule has 0 bridgehead atoms. The number of aromatic nitrogens is 1. The fourth-order valence-corrected chi connectivity index (χ4v) is 4.24. The van der Waals surface area contributed by atoms with Crippen molar-refractivity contribution in [2.45, 2.75) is 10.8 Å². The molecular formula is C26H17N3S. The lowest BCUT2D eigenvalue weighted by Crippen LogP contribution is -1.96. The van der Waals surface area contributed by atoms with Gasteiger partial charge in [0.25, 0.3) is 0 Å². The highest BCUT2D eigenvalue weighted by atomic mass is 32.2. The average molecular weight is 404 g/mol. The molecule has 0 radical (unpaired) electrons. The molecule has 0 aliphatic carbocycles. The maximum atomic E-state index is 9.96. The summed E-state index contributed by atoms with van der Waals surface area (Å²) < 4.78 is 0. The van der Waals surface area contributed by atoms with Crippen molar-refractivity contribution in [3.05, 3.63) is 108 Å². The molecule has 0 spiro atoms. The zero-order valence-electron chi connectivity index (χ0n) is 16.1. The summed E-state index contributed by atoms with van der Waals surface area (Å²) in [5.74, 6) is 0.567. The van der Waals surface area contributed by atoms with E-state index in [9.17, 15) is 10.5 Å². The van der Waals surface area contributed by atoms with Crippen LogP contribution in [0, 0.1) is 22.7 Å². The van der Waals surface area contributed by atoms with Gasteiger partial charge in [0.2, 0.25) is 0 Å². The second-order valence-electron chi connectivity index (χ2n) is 6.64. The van der Waals surface area contributed by atoms with Crippen LogP contribution in [0.25, 0.3) is 22.4 Å². The first-order valence-corrected chi connectivity index (χ1v) is 10.5. The summed E-state index contributed by atoms with van der Waals surface area (Å²) in [7, 11) is 0. The van der Waals surface area contributed by atoms with Crippen LogP contribution in [0.15, 0.2) is 96.0 Å². The molecule has 0 aliphatic rings. The van der Waals surface area contributed by atoms with Crippen LogP contribution in [0.4, 0.5) is 0 Å². The molecule has 0 amide bonds. The Balaban J connectivity index is 1.82. The van der Waals surface area contributed by atoms with Crippen LogP contribution in [-0.2, 0) is 5.75 Å².